The number of carbonyl (C=O) groups excluding carboxylic acids is 1. The highest BCUT2D eigenvalue weighted by molar-refractivity contribution is 5.91. The van der Waals surface area contributed by atoms with Crippen molar-refractivity contribution in [3.05, 3.63) is 59.9 Å². The highest BCUT2D eigenvalue weighted by Crippen LogP contribution is 2.26. The fourth-order valence-corrected chi connectivity index (χ4v) is 2.94. The van der Waals surface area contributed by atoms with Crippen molar-refractivity contribution in [3.8, 4) is 0 Å². The Morgan fingerprint density at radius 1 is 1.32 bits per heavy atom. The third-order valence-electron chi connectivity index (χ3n) is 4.15. The normalized spacial score (nSPS) is 18.8. The van der Waals surface area contributed by atoms with Crippen molar-refractivity contribution < 1.29 is 4.79 Å². The molecule has 1 aliphatic rings. The molecule has 0 radical (unpaired) electrons. The molecule has 2 heterocycles. The zero-order valence-electron chi connectivity index (χ0n) is 12.9. The van der Waals surface area contributed by atoms with Crippen LogP contribution in [0.3, 0.4) is 0 Å². The molecule has 22 heavy (non-hydrogen) atoms. The highest BCUT2D eigenvalue weighted by atomic mass is 16.2. The molecule has 0 bridgehead atoms. The Morgan fingerprint density at radius 2 is 2.14 bits per heavy atom. The van der Waals surface area contributed by atoms with Crippen LogP contribution in [-0.4, -0.2) is 33.7 Å². The third-order valence-corrected chi connectivity index (χ3v) is 4.15. The van der Waals surface area contributed by atoms with Crippen LogP contribution in [0, 0.1) is 0 Å². The molecule has 3 rings (SSSR count). The Hall–Kier alpha value is -2.36. The van der Waals surface area contributed by atoms with E-state index in [2.05, 4.69) is 11.3 Å². The van der Waals surface area contributed by atoms with E-state index in [1.54, 1.807) is 6.08 Å². The molecule has 4 heteroatoms. The molecule has 4 nitrogen and oxygen atoms in total. The van der Waals surface area contributed by atoms with Crippen molar-refractivity contribution in [1.29, 1.82) is 0 Å². The van der Waals surface area contributed by atoms with E-state index < -0.39 is 0 Å². The summed E-state index contributed by atoms with van der Waals surface area (Å²) in [6.45, 7) is 1.62. The lowest BCUT2D eigenvalue weighted by molar-refractivity contribution is -0.127. The minimum Gasteiger partial charge on any atom is -0.339 e. The molecule has 2 aromatic rings. The number of piperidine rings is 1. The maximum atomic E-state index is 12.4. The first kappa shape index (κ1) is 14.6. The number of aryl methyl sites for hydroxylation is 1. The predicted octanol–water partition coefficient (Wildman–Crippen LogP) is 2.84. The molecular weight excluding hydrogens is 274 g/mol. The second-order valence-electron chi connectivity index (χ2n) is 5.81. The summed E-state index contributed by atoms with van der Waals surface area (Å²) in [6.07, 6.45) is 9.70. The van der Waals surface area contributed by atoms with E-state index in [0.717, 1.165) is 31.5 Å². The lowest BCUT2D eigenvalue weighted by Gasteiger charge is -2.31. The molecule has 1 atom stereocenters. The first-order chi connectivity index (χ1) is 10.7. The average molecular weight is 295 g/mol. The first-order valence-corrected chi connectivity index (χ1v) is 7.73. The Labute approximate surface area is 131 Å². The van der Waals surface area contributed by atoms with E-state index in [1.807, 2.05) is 59.2 Å². The summed E-state index contributed by atoms with van der Waals surface area (Å²) < 4.78 is 1.82. The minimum absolute atomic E-state index is 0.0949. The number of amides is 1. The lowest BCUT2D eigenvalue weighted by Crippen LogP contribution is -2.38. The summed E-state index contributed by atoms with van der Waals surface area (Å²) in [5.41, 5.74) is 2.28. The zero-order valence-corrected chi connectivity index (χ0v) is 12.9. The van der Waals surface area contributed by atoms with Gasteiger partial charge in [0.25, 0.3) is 0 Å². The quantitative estimate of drug-likeness (QED) is 0.817. The van der Waals surface area contributed by atoms with Gasteiger partial charge in [0, 0.05) is 38.3 Å². The lowest BCUT2D eigenvalue weighted by atomic mass is 9.93. The van der Waals surface area contributed by atoms with Crippen LogP contribution >= 0.6 is 0 Å². The van der Waals surface area contributed by atoms with E-state index in [-0.39, 0.29) is 5.91 Å². The van der Waals surface area contributed by atoms with Gasteiger partial charge in [0.15, 0.2) is 0 Å². The summed E-state index contributed by atoms with van der Waals surface area (Å²) in [4.78, 5) is 14.3. The van der Waals surface area contributed by atoms with Gasteiger partial charge in [0.1, 0.15) is 0 Å². The van der Waals surface area contributed by atoms with Gasteiger partial charge < -0.3 is 4.90 Å². The van der Waals surface area contributed by atoms with Gasteiger partial charge in [-0.2, -0.15) is 5.10 Å². The molecule has 1 aromatic carbocycles. The first-order valence-electron chi connectivity index (χ1n) is 7.73. The van der Waals surface area contributed by atoms with Crippen LogP contribution in [0.5, 0.6) is 0 Å². The minimum atomic E-state index is 0.0949. The molecule has 114 valence electrons. The van der Waals surface area contributed by atoms with Gasteiger partial charge in [-0.25, -0.2) is 0 Å². The van der Waals surface area contributed by atoms with Crippen molar-refractivity contribution >= 4 is 12.0 Å². The Balaban J connectivity index is 1.64. The SMILES string of the molecule is Cn1cc(C2CCCN(C(=O)/C=C/c3ccccc3)C2)cn1. The number of aromatic nitrogens is 2. The average Bonchev–Trinajstić information content (AvgIpc) is 3.00. The van der Waals surface area contributed by atoms with Crippen molar-refractivity contribution in [3.63, 3.8) is 0 Å². The maximum Gasteiger partial charge on any atom is 0.246 e. The summed E-state index contributed by atoms with van der Waals surface area (Å²) in [5.74, 6) is 0.494. The topological polar surface area (TPSA) is 38.1 Å². The predicted molar refractivity (Wildman–Crippen MR) is 87.2 cm³/mol. The van der Waals surface area contributed by atoms with Gasteiger partial charge in [0.2, 0.25) is 5.91 Å². The van der Waals surface area contributed by atoms with Gasteiger partial charge in [-0.15, -0.1) is 0 Å². The van der Waals surface area contributed by atoms with Crippen LogP contribution in [0.1, 0.15) is 29.9 Å². The van der Waals surface area contributed by atoms with Crippen LogP contribution < -0.4 is 0 Å². The Kier molecular flexibility index (Phi) is 4.37. The molecule has 0 N–H and O–H groups in total. The zero-order chi connectivity index (χ0) is 15.4. The van der Waals surface area contributed by atoms with Crippen LogP contribution in [0.25, 0.3) is 6.08 Å². The number of nitrogens with zero attached hydrogens (tertiary/aromatic N) is 3. The summed E-state index contributed by atoms with van der Waals surface area (Å²) >= 11 is 0. The standard InChI is InChI=1S/C18H21N3O/c1-20-13-17(12-19-20)16-8-5-11-21(14-16)18(22)10-9-15-6-3-2-4-7-15/h2-4,6-7,9-10,12-13,16H,5,8,11,14H2,1H3/b10-9+. The fourth-order valence-electron chi connectivity index (χ4n) is 2.94. The Bertz CT molecular complexity index is 660. The largest absolute Gasteiger partial charge is 0.339 e. The number of benzene rings is 1. The summed E-state index contributed by atoms with van der Waals surface area (Å²) in [6, 6.07) is 9.92. The molecule has 1 fully saturated rings. The van der Waals surface area contributed by atoms with Gasteiger partial charge in [0.05, 0.1) is 6.20 Å². The van der Waals surface area contributed by atoms with Crippen molar-refractivity contribution in [2.24, 2.45) is 7.05 Å². The highest BCUT2D eigenvalue weighted by Gasteiger charge is 2.24. The molecule has 1 saturated heterocycles. The monoisotopic (exact) mass is 295 g/mol. The van der Waals surface area contributed by atoms with Crippen LogP contribution in [0.4, 0.5) is 0 Å². The van der Waals surface area contributed by atoms with Gasteiger partial charge in [-0.3, -0.25) is 9.48 Å². The molecule has 0 spiro atoms. The molecule has 1 aliphatic heterocycles. The summed E-state index contributed by atoms with van der Waals surface area (Å²) in [5, 5.41) is 4.24. The number of likely N-dealkylation sites (tertiary alicyclic amines) is 1. The van der Waals surface area contributed by atoms with E-state index in [1.165, 1.54) is 5.56 Å². The van der Waals surface area contributed by atoms with Crippen molar-refractivity contribution in [2.75, 3.05) is 13.1 Å². The number of hydrogen-bond donors (Lipinski definition) is 0. The van der Waals surface area contributed by atoms with Crippen LogP contribution in [-0.2, 0) is 11.8 Å². The van der Waals surface area contributed by atoms with Crippen molar-refractivity contribution in [2.45, 2.75) is 18.8 Å². The fraction of sp³-hybridized carbons (Fsp3) is 0.333. The Morgan fingerprint density at radius 3 is 2.86 bits per heavy atom. The maximum absolute atomic E-state index is 12.4. The number of carbonyl (C=O) groups is 1. The second-order valence-corrected chi connectivity index (χ2v) is 5.81. The third kappa shape index (κ3) is 3.45. The van der Waals surface area contributed by atoms with Crippen molar-refractivity contribution in [1.82, 2.24) is 14.7 Å². The van der Waals surface area contributed by atoms with E-state index in [0.29, 0.717) is 5.92 Å². The number of hydrogen-bond acceptors (Lipinski definition) is 2. The smallest absolute Gasteiger partial charge is 0.246 e. The molecule has 1 unspecified atom stereocenters. The van der Waals surface area contributed by atoms with Gasteiger partial charge in [-0.05, 0) is 30.0 Å². The van der Waals surface area contributed by atoms with Gasteiger partial charge in [-0.1, -0.05) is 30.3 Å². The van der Waals surface area contributed by atoms with Crippen LogP contribution in [0.15, 0.2) is 48.8 Å². The second kappa shape index (κ2) is 6.60. The summed E-state index contributed by atoms with van der Waals surface area (Å²) in [7, 11) is 1.93. The number of rotatable bonds is 3. The van der Waals surface area contributed by atoms with E-state index in [9.17, 15) is 4.79 Å². The molecule has 1 aromatic heterocycles. The molecule has 0 aliphatic carbocycles. The molecule has 0 saturated carbocycles. The van der Waals surface area contributed by atoms with Gasteiger partial charge >= 0.3 is 0 Å². The molecule has 1 amide bonds. The van der Waals surface area contributed by atoms with E-state index in [4.69, 9.17) is 0 Å². The molecular formula is C18H21N3O. The van der Waals surface area contributed by atoms with E-state index >= 15 is 0 Å². The van der Waals surface area contributed by atoms with Crippen LogP contribution in [0.2, 0.25) is 0 Å².